The zero-order valence-electron chi connectivity index (χ0n) is 23.1. The fourth-order valence-electron chi connectivity index (χ4n) is 5.47. The van der Waals surface area contributed by atoms with Crippen LogP contribution in [0.15, 0.2) is 30.3 Å². The summed E-state index contributed by atoms with van der Waals surface area (Å²) in [4.78, 5) is 39.1. The van der Waals surface area contributed by atoms with Gasteiger partial charge >= 0.3 is 0 Å². The number of amides is 3. The van der Waals surface area contributed by atoms with Crippen molar-refractivity contribution in [2.24, 2.45) is 0 Å². The molecule has 1 aromatic heterocycles. The van der Waals surface area contributed by atoms with Crippen LogP contribution in [0.1, 0.15) is 56.6 Å². The van der Waals surface area contributed by atoms with E-state index in [2.05, 4.69) is 26.5 Å². The van der Waals surface area contributed by atoms with E-state index >= 15 is 0 Å². The topological polar surface area (TPSA) is 144 Å². The van der Waals surface area contributed by atoms with Crippen LogP contribution in [0, 0.1) is 4.77 Å². The minimum atomic E-state index is -0.156. The fraction of sp³-hybridized carbons (Fsp3) is 0.414. The van der Waals surface area contributed by atoms with Crippen molar-refractivity contribution >= 4 is 35.6 Å². The number of phenolic OH excluding ortho intramolecular Hbond substituents is 2. The summed E-state index contributed by atoms with van der Waals surface area (Å²) in [6.07, 6.45) is 2.08. The van der Waals surface area contributed by atoms with E-state index in [-0.39, 0.29) is 54.4 Å². The lowest BCUT2D eigenvalue weighted by Crippen LogP contribution is -2.35. The summed E-state index contributed by atoms with van der Waals surface area (Å²) in [5, 5.41) is 31.1. The normalized spacial score (nSPS) is 14.8. The van der Waals surface area contributed by atoms with Gasteiger partial charge in [-0.3, -0.25) is 28.9 Å². The van der Waals surface area contributed by atoms with Crippen molar-refractivity contribution in [1.82, 2.24) is 25.0 Å². The van der Waals surface area contributed by atoms with Crippen LogP contribution in [0.25, 0.3) is 17.1 Å². The standard InChI is InChI=1S/C29H34N6O5S/c1-17(2)20-15-21(24(37)16-23(20)36)28-31-32-29(41)35(28)19-5-6-22-18(14-19)9-12-33(22)13-10-30-25(38)4-3-11-34-26(39)7-8-27(34)40/h5-6,14-17,36-37H,3-4,7-13H2,1-2H3,(H,30,38)(H,32,41). The number of nitrogens with zero attached hydrogens (tertiary/aromatic N) is 4. The molecule has 11 nitrogen and oxygen atoms in total. The number of nitrogens with one attached hydrogen (secondary N) is 2. The monoisotopic (exact) mass is 578 g/mol. The molecule has 1 fully saturated rings. The first kappa shape index (κ1) is 28.3. The number of aromatic nitrogens is 3. The summed E-state index contributed by atoms with van der Waals surface area (Å²) in [5.41, 5.74) is 4.20. The van der Waals surface area contributed by atoms with Gasteiger partial charge in [0.15, 0.2) is 10.6 Å². The van der Waals surface area contributed by atoms with E-state index in [1.54, 1.807) is 10.6 Å². The predicted molar refractivity (Wildman–Crippen MR) is 156 cm³/mol. The van der Waals surface area contributed by atoms with Gasteiger partial charge in [-0.15, -0.1) is 0 Å². The number of imide groups is 1. The van der Waals surface area contributed by atoms with E-state index in [1.165, 1.54) is 11.0 Å². The number of benzene rings is 2. The van der Waals surface area contributed by atoms with Crippen molar-refractivity contribution in [1.29, 1.82) is 0 Å². The molecule has 0 spiro atoms. The molecule has 1 saturated heterocycles. The maximum atomic E-state index is 12.3. The van der Waals surface area contributed by atoms with Gasteiger partial charge in [0.2, 0.25) is 17.7 Å². The molecule has 3 amide bonds. The average Bonchev–Trinajstić information content (AvgIpc) is 3.61. The molecule has 0 aliphatic carbocycles. The van der Waals surface area contributed by atoms with Crippen molar-refractivity contribution in [3.63, 3.8) is 0 Å². The van der Waals surface area contributed by atoms with E-state index < -0.39 is 0 Å². The molecule has 41 heavy (non-hydrogen) atoms. The fourth-order valence-corrected chi connectivity index (χ4v) is 5.71. The molecule has 4 N–H and O–H groups in total. The molecule has 216 valence electrons. The number of rotatable bonds is 10. The molecule has 0 radical (unpaired) electrons. The molecule has 2 aliphatic heterocycles. The first-order valence-corrected chi connectivity index (χ1v) is 14.3. The van der Waals surface area contributed by atoms with Crippen molar-refractivity contribution in [2.45, 2.75) is 51.9 Å². The van der Waals surface area contributed by atoms with Crippen LogP contribution in [0.2, 0.25) is 0 Å². The summed E-state index contributed by atoms with van der Waals surface area (Å²) >= 11 is 5.54. The number of aromatic hydroxyl groups is 2. The van der Waals surface area contributed by atoms with E-state index in [0.29, 0.717) is 47.8 Å². The number of anilines is 1. The van der Waals surface area contributed by atoms with Gasteiger partial charge in [-0.25, -0.2) is 0 Å². The van der Waals surface area contributed by atoms with Crippen molar-refractivity contribution in [3.8, 4) is 28.6 Å². The number of carbonyl (C=O) groups is 3. The predicted octanol–water partition coefficient (Wildman–Crippen LogP) is 3.54. The summed E-state index contributed by atoms with van der Waals surface area (Å²) in [6.45, 7) is 6.17. The third-order valence-corrected chi connectivity index (χ3v) is 7.91. The molecule has 3 heterocycles. The molecule has 2 aliphatic rings. The second kappa shape index (κ2) is 11.7. The maximum absolute atomic E-state index is 12.3. The van der Waals surface area contributed by atoms with E-state index in [4.69, 9.17) is 12.2 Å². The molecule has 12 heteroatoms. The Bertz CT molecular complexity index is 1550. The zero-order chi connectivity index (χ0) is 29.3. The van der Waals surface area contributed by atoms with Gasteiger partial charge in [0.25, 0.3) is 0 Å². The van der Waals surface area contributed by atoms with Crippen LogP contribution in [0.4, 0.5) is 5.69 Å². The SMILES string of the molecule is CC(C)c1cc(-c2n[nH]c(=S)n2-c2ccc3c(c2)CCN3CCNC(=O)CCCN2C(=O)CCC2=O)c(O)cc1O. The molecule has 5 rings (SSSR count). The smallest absolute Gasteiger partial charge is 0.229 e. The summed E-state index contributed by atoms with van der Waals surface area (Å²) in [7, 11) is 0. The quantitative estimate of drug-likeness (QED) is 0.211. The number of hydrogen-bond donors (Lipinski definition) is 4. The van der Waals surface area contributed by atoms with Crippen molar-refractivity contribution < 1.29 is 24.6 Å². The van der Waals surface area contributed by atoms with Crippen molar-refractivity contribution in [2.75, 3.05) is 31.1 Å². The van der Waals surface area contributed by atoms with Gasteiger partial charge in [0.1, 0.15) is 11.5 Å². The molecule has 0 unspecified atom stereocenters. The van der Waals surface area contributed by atoms with Crippen LogP contribution in [-0.2, 0) is 20.8 Å². The highest BCUT2D eigenvalue weighted by Crippen LogP contribution is 2.38. The molecule has 3 aromatic rings. The van der Waals surface area contributed by atoms with Crippen LogP contribution >= 0.6 is 12.2 Å². The van der Waals surface area contributed by atoms with Crippen LogP contribution in [-0.4, -0.2) is 73.8 Å². The molecule has 0 saturated carbocycles. The zero-order valence-corrected chi connectivity index (χ0v) is 24.0. The Labute approximate surface area is 242 Å². The minimum absolute atomic E-state index is 0.0332. The van der Waals surface area contributed by atoms with Crippen LogP contribution in [0.5, 0.6) is 11.5 Å². The summed E-state index contributed by atoms with van der Waals surface area (Å²) < 4.78 is 2.16. The van der Waals surface area contributed by atoms with Gasteiger partial charge in [-0.05, 0) is 66.4 Å². The highest BCUT2D eigenvalue weighted by Gasteiger charge is 2.28. The maximum Gasteiger partial charge on any atom is 0.229 e. The second-order valence-electron chi connectivity index (χ2n) is 10.7. The van der Waals surface area contributed by atoms with Crippen LogP contribution in [0.3, 0.4) is 0 Å². The lowest BCUT2D eigenvalue weighted by atomic mass is 9.98. The third-order valence-electron chi connectivity index (χ3n) is 7.64. The number of fused-ring (bicyclic) bond motifs is 1. The lowest BCUT2D eigenvalue weighted by Gasteiger charge is -2.20. The Morgan fingerprint density at radius 2 is 1.83 bits per heavy atom. The highest BCUT2D eigenvalue weighted by atomic mass is 32.1. The number of likely N-dealkylation sites (tertiary alicyclic amines) is 1. The van der Waals surface area contributed by atoms with Crippen molar-refractivity contribution in [3.05, 3.63) is 46.2 Å². The Hall–Kier alpha value is -4.19. The molecular formula is C29H34N6O5S. The molecule has 0 bridgehead atoms. The first-order valence-electron chi connectivity index (χ1n) is 13.9. The summed E-state index contributed by atoms with van der Waals surface area (Å²) in [5.74, 6) is 0.0315. The summed E-state index contributed by atoms with van der Waals surface area (Å²) in [6, 6.07) is 9.11. The largest absolute Gasteiger partial charge is 0.508 e. The Morgan fingerprint density at radius 1 is 1.07 bits per heavy atom. The first-order chi connectivity index (χ1) is 19.6. The van der Waals surface area contributed by atoms with Crippen LogP contribution < -0.4 is 10.2 Å². The number of H-pyrrole nitrogens is 1. The Kier molecular flexibility index (Phi) is 8.11. The molecular weight excluding hydrogens is 544 g/mol. The van der Waals surface area contributed by atoms with Gasteiger partial charge < -0.3 is 20.4 Å². The Morgan fingerprint density at radius 3 is 2.56 bits per heavy atom. The third kappa shape index (κ3) is 5.83. The van der Waals surface area contributed by atoms with E-state index in [0.717, 1.165) is 29.9 Å². The highest BCUT2D eigenvalue weighted by molar-refractivity contribution is 7.71. The van der Waals surface area contributed by atoms with Gasteiger partial charge in [-0.2, -0.15) is 5.10 Å². The second-order valence-corrected chi connectivity index (χ2v) is 11.1. The molecule has 2 aromatic carbocycles. The number of phenols is 2. The number of hydrogen-bond acceptors (Lipinski definition) is 8. The lowest BCUT2D eigenvalue weighted by molar-refractivity contribution is -0.138. The average molecular weight is 579 g/mol. The van der Waals surface area contributed by atoms with E-state index in [9.17, 15) is 24.6 Å². The van der Waals surface area contributed by atoms with E-state index in [1.807, 2.05) is 26.0 Å². The number of aromatic amines is 1. The van der Waals surface area contributed by atoms with Gasteiger partial charge in [-0.1, -0.05) is 13.8 Å². The molecule has 0 atom stereocenters. The number of carbonyl (C=O) groups excluding carboxylic acids is 3. The minimum Gasteiger partial charge on any atom is -0.508 e. The van der Waals surface area contributed by atoms with Gasteiger partial charge in [0, 0.05) is 57.2 Å². The van der Waals surface area contributed by atoms with Gasteiger partial charge in [0.05, 0.1) is 11.3 Å². The Balaban J connectivity index is 1.23.